The summed E-state index contributed by atoms with van der Waals surface area (Å²) in [4.78, 5) is 32.3. The second kappa shape index (κ2) is 7.11. The van der Waals surface area contributed by atoms with Gasteiger partial charge < -0.3 is 16.6 Å². The molecule has 0 unspecified atom stereocenters. The third-order valence-corrected chi connectivity index (χ3v) is 2.75. The molecule has 0 saturated carbocycles. The Bertz CT molecular complexity index is 771. The number of hydrogen-bond donors (Lipinski definition) is 3. The maximum Gasteiger partial charge on any atom is 0.332 e. The van der Waals surface area contributed by atoms with Gasteiger partial charge in [-0.25, -0.2) is 4.79 Å². The van der Waals surface area contributed by atoms with Crippen molar-refractivity contribution < 1.29 is 9.90 Å². The van der Waals surface area contributed by atoms with E-state index in [4.69, 9.17) is 21.4 Å². The molecule has 0 aliphatic carbocycles. The van der Waals surface area contributed by atoms with Crippen LogP contribution in [0.25, 0.3) is 0 Å². The van der Waals surface area contributed by atoms with Gasteiger partial charge in [0.25, 0.3) is 11.5 Å². The van der Waals surface area contributed by atoms with Gasteiger partial charge in [0.1, 0.15) is 5.82 Å². The van der Waals surface area contributed by atoms with Crippen LogP contribution in [0, 0.1) is 0 Å². The number of nitrogens with zero attached hydrogens (tertiary/aromatic N) is 2. The van der Waals surface area contributed by atoms with Crippen molar-refractivity contribution in [3.05, 3.63) is 56.7 Å². The second-order valence-corrected chi connectivity index (χ2v) is 4.60. The van der Waals surface area contributed by atoms with Crippen molar-refractivity contribution >= 4 is 17.5 Å². The number of carbonyl (C=O) groups is 1. The van der Waals surface area contributed by atoms with Crippen LogP contribution < -0.4 is 22.7 Å². The summed E-state index contributed by atoms with van der Waals surface area (Å²) < 4.78 is 2.36. The van der Waals surface area contributed by atoms with E-state index in [-0.39, 0.29) is 5.82 Å². The van der Waals surface area contributed by atoms with E-state index in [0.717, 1.165) is 17.1 Å². The molecule has 0 aliphatic rings. The van der Waals surface area contributed by atoms with Crippen LogP contribution in [0.4, 0.5) is 11.5 Å². The summed E-state index contributed by atoms with van der Waals surface area (Å²) in [5.74, 6) is -0.681. The van der Waals surface area contributed by atoms with Crippen molar-refractivity contribution in [2.24, 2.45) is 7.05 Å². The zero-order chi connectivity index (χ0) is 16.9. The number of rotatable bonds is 2. The quantitative estimate of drug-likeness (QED) is 0.661. The predicted molar refractivity (Wildman–Crippen MR) is 83.6 cm³/mol. The maximum absolute atomic E-state index is 11.9. The summed E-state index contributed by atoms with van der Waals surface area (Å²) in [6.07, 6.45) is 0. The van der Waals surface area contributed by atoms with Crippen LogP contribution >= 0.6 is 0 Å². The van der Waals surface area contributed by atoms with Crippen molar-refractivity contribution in [1.29, 1.82) is 0 Å². The lowest BCUT2D eigenvalue weighted by atomic mass is 10.2. The first-order chi connectivity index (χ1) is 10.2. The summed E-state index contributed by atoms with van der Waals surface area (Å²) in [6, 6.07) is 8.36. The minimum Gasteiger partial charge on any atom is -0.481 e. The summed E-state index contributed by atoms with van der Waals surface area (Å²) in [5.41, 5.74) is 12.0. The first-order valence-electron chi connectivity index (χ1n) is 6.32. The highest BCUT2D eigenvalue weighted by Gasteiger charge is 2.06. The highest BCUT2D eigenvalue weighted by Crippen LogP contribution is 2.07. The van der Waals surface area contributed by atoms with Gasteiger partial charge in [-0.2, -0.15) is 0 Å². The van der Waals surface area contributed by atoms with Gasteiger partial charge >= 0.3 is 5.69 Å². The molecule has 0 amide bonds. The Kier molecular flexibility index (Phi) is 5.50. The van der Waals surface area contributed by atoms with Gasteiger partial charge in [-0.1, -0.05) is 12.1 Å². The lowest BCUT2D eigenvalue weighted by molar-refractivity contribution is -0.134. The van der Waals surface area contributed by atoms with Gasteiger partial charge in [0, 0.05) is 25.7 Å². The number of nitrogens with two attached hydrogens (primary N) is 2. The molecule has 0 radical (unpaired) electrons. The number of aliphatic carboxylic acids is 1. The highest BCUT2D eigenvalue weighted by molar-refractivity contribution is 5.62. The van der Waals surface area contributed by atoms with Crippen LogP contribution in [-0.2, 0) is 18.4 Å². The summed E-state index contributed by atoms with van der Waals surface area (Å²) in [5, 5.41) is 7.42. The molecule has 5 N–H and O–H groups in total. The van der Waals surface area contributed by atoms with Crippen LogP contribution in [0.2, 0.25) is 0 Å². The fraction of sp³-hybridized carbons (Fsp3) is 0.214. The molecule has 0 fully saturated rings. The fourth-order valence-electron chi connectivity index (χ4n) is 1.65. The lowest BCUT2D eigenvalue weighted by Gasteiger charge is -2.10. The van der Waals surface area contributed by atoms with Crippen LogP contribution in [0.3, 0.4) is 0 Å². The van der Waals surface area contributed by atoms with Crippen LogP contribution in [0.1, 0.15) is 12.5 Å². The molecule has 1 aromatic carbocycles. The van der Waals surface area contributed by atoms with E-state index in [2.05, 4.69) is 0 Å². The molecule has 1 heterocycles. The largest absolute Gasteiger partial charge is 0.481 e. The topological polar surface area (TPSA) is 133 Å². The Morgan fingerprint density at radius 1 is 1.18 bits per heavy atom. The van der Waals surface area contributed by atoms with Gasteiger partial charge in [-0.05, 0) is 17.7 Å². The van der Waals surface area contributed by atoms with E-state index in [9.17, 15) is 9.59 Å². The van der Waals surface area contributed by atoms with Crippen LogP contribution in [0.5, 0.6) is 0 Å². The smallest absolute Gasteiger partial charge is 0.332 e. The minimum absolute atomic E-state index is 0.153. The molecule has 0 atom stereocenters. The zero-order valence-corrected chi connectivity index (χ0v) is 12.3. The molecule has 118 valence electrons. The summed E-state index contributed by atoms with van der Waals surface area (Å²) >= 11 is 0. The van der Waals surface area contributed by atoms with Gasteiger partial charge in [0.05, 0.1) is 6.54 Å². The van der Waals surface area contributed by atoms with Crippen LogP contribution in [-0.4, -0.2) is 20.2 Å². The van der Waals surface area contributed by atoms with Crippen molar-refractivity contribution in [1.82, 2.24) is 9.13 Å². The number of hydrogen-bond acceptors (Lipinski definition) is 5. The van der Waals surface area contributed by atoms with Gasteiger partial charge in [-0.3, -0.25) is 18.7 Å². The average Bonchev–Trinajstić information content (AvgIpc) is 2.43. The molecule has 2 rings (SSSR count). The Morgan fingerprint density at radius 3 is 2.18 bits per heavy atom. The predicted octanol–water partition coefficient (Wildman–Crippen LogP) is -0.149. The van der Waals surface area contributed by atoms with Gasteiger partial charge in [0.2, 0.25) is 0 Å². The van der Waals surface area contributed by atoms with E-state index in [1.54, 1.807) is 12.1 Å². The van der Waals surface area contributed by atoms with E-state index in [1.807, 2.05) is 12.1 Å². The van der Waals surface area contributed by atoms with E-state index in [0.29, 0.717) is 12.2 Å². The third kappa shape index (κ3) is 4.51. The van der Waals surface area contributed by atoms with Crippen LogP contribution in [0.15, 0.2) is 39.9 Å². The minimum atomic E-state index is -0.833. The van der Waals surface area contributed by atoms with E-state index >= 15 is 0 Å². The molecular weight excluding hydrogens is 288 g/mol. The fourth-order valence-corrected chi connectivity index (χ4v) is 1.65. The zero-order valence-electron chi connectivity index (χ0n) is 12.3. The molecule has 1 aromatic heterocycles. The molecule has 0 bridgehead atoms. The van der Waals surface area contributed by atoms with Gasteiger partial charge in [0.15, 0.2) is 0 Å². The lowest BCUT2D eigenvalue weighted by Crippen LogP contribution is -2.38. The Labute approximate surface area is 126 Å². The summed E-state index contributed by atoms with van der Waals surface area (Å²) in [7, 11) is 1.42. The molecule has 0 saturated heterocycles. The summed E-state index contributed by atoms with van der Waals surface area (Å²) in [6.45, 7) is 1.39. The number of benzene rings is 1. The molecule has 2 aromatic rings. The number of anilines is 2. The monoisotopic (exact) mass is 306 g/mol. The molecule has 8 heteroatoms. The standard InChI is InChI=1S/C12H14N4O2.C2H4O2/c1-15-11(17)6-10(14)16(12(15)18)7-8-2-4-9(13)5-3-8;1-2(3)4/h2-6H,7,13-14H2,1H3;1H3,(H,3,4). The molecule has 8 nitrogen and oxygen atoms in total. The third-order valence-electron chi connectivity index (χ3n) is 2.75. The normalized spacial score (nSPS) is 9.73. The van der Waals surface area contributed by atoms with Crippen molar-refractivity contribution in [2.45, 2.75) is 13.5 Å². The molecule has 22 heavy (non-hydrogen) atoms. The highest BCUT2D eigenvalue weighted by atomic mass is 16.4. The molecule has 0 aliphatic heterocycles. The maximum atomic E-state index is 11.9. The SMILES string of the molecule is CC(=O)O.Cn1c(=O)cc(N)n(Cc2ccc(N)cc2)c1=O. The van der Waals surface area contributed by atoms with E-state index in [1.165, 1.54) is 17.7 Å². The van der Waals surface area contributed by atoms with Crippen molar-refractivity contribution in [3.63, 3.8) is 0 Å². The second-order valence-electron chi connectivity index (χ2n) is 4.60. The number of carboxylic acid groups (broad SMARTS) is 1. The molecule has 0 spiro atoms. The Morgan fingerprint density at radius 2 is 1.68 bits per heavy atom. The Balaban J connectivity index is 0.000000541. The first-order valence-corrected chi connectivity index (χ1v) is 6.32. The average molecular weight is 306 g/mol. The Hall–Kier alpha value is -3.03. The molecular formula is C14H18N4O4. The van der Waals surface area contributed by atoms with E-state index < -0.39 is 17.2 Å². The number of aromatic nitrogens is 2. The first kappa shape index (κ1) is 17.0. The number of carboxylic acids is 1. The number of nitrogen functional groups attached to an aromatic ring is 2. The van der Waals surface area contributed by atoms with Gasteiger partial charge in [-0.15, -0.1) is 0 Å². The van der Waals surface area contributed by atoms with Crippen molar-refractivity contribution in [2.75, 3.05) is 11.5 Å². The van der Waals surface area contributed by atoms with Crippen molar-refractivity contribution in [3.8, 4) is 0 Å².